The molecule has 1 heterocycles. The Kier molecular flexibility index (Phi) is 6.64. The standard InChI is InChI=1S/C27H22ClNO3/c28-23-11-9-19-10-13-24(29-26(19)16-23)12-8-18-4-3-6-20(14-18)22(17-30)15-21-5-1-2-7-25(21)27(31)32/h1-14,16,22,30H,15,17H2,(H,31,32)/t22-/m1/s1. The molecule has 4 aromatic rings. The molecule has 160 valence electrons. The van der Waals surface area contributed by atoms with Crippen molar-refractivity contribution in [2.24, 2.45) is 0 Å². The van der Waals surface area contributed by atoms with Gasteiger partial charge in [-0.1, -0.05) is 72.3 Å². The predicted octanol–water partition coefficient (Wildman–Crippen LogP) is 6.08. The summed E-state index contributed by atoms with van der Waals surface area (Å²) in [6.45, 7) is -0.0753. The third kappa shape index (κ3) is 5.05. The lowest BCUT2D eigenvalue weighted by Gasteiger charge is -2.16. The van der Waals surface area contributed by atoms with Crippen molar-refractivity contribution in [2.75, 3.05) is 6.61 Å². The third-order valence-corrected chi connectivity index (χ3v) is 5.67. The minimum absolute atomic E-state index is 0.0753. The Morgan fingerprint density at radius 3 is 2.59 bits per heavy atom. The molecule has 0 aliphatic rings. The zero-order valence-corrected chi connectivity index (χ0v) is 18.0. The summed E-state index contributed by atoms with van der Waals surface area (Å²) in [4.78, 5) is 16.2. The highest BCUT2D eigenvalue weighted by molar-refractivity contribution is 6.31. The van der Waals surface area contributed by atoms with E-state index in [9.17, 15) is 15.0 Å². The Bertz CT molecular complexity index is 1300. The molecule has 0 unspecified atom stereocenters. The lowest BCUT2D eigenvalue weighted by atomic mass is 9.89. The molecule has 1 aromatic heterocycles. The van der Waals surface area contributed by atoms with E-state index >= 15 is 0 Å². The summed E-state index contributed by atoms with van der Waals surface area (Å²) in [5.41, 5.74) is 4.56. The van der Waals surface area contributed by atoms with E-state index in [1.54, 1.807) is 18.2 Å². The zero-order valence-electron chi connectivity index (χ0n) is 17.3. The molecule has 2 N–H and O–H groups in total. The first-order valence-corrected chi connectivity index (χ1v) is 10.7. The highest BCUT2D eigenvalue weighted by Crippen LogP contribution is 2.25. The van der Waals surface area contributed by atoms with Gasteiger partial charge in [0.05, 0.1) is 23.4 Å². The molecule has 0 saturated heterocycles. The number of pyridine rings is 1. The quantitative estimate of drug-likeness (QED) is 0.363. The Morgan fingerprint density at radius 1 is 0.969 bits per heavy atom. The second-order valence-corrected chi connectivity index (χ2v) is 8.06. The number of nitrogens with zero attached hydrogens (tertiary/aromatic N) is 1. The van der Waals surface area contributed by atoms with Crippen molar-refractivity contribution in [2.45, 2.75) is 12.3 Å². The van der Waals surface area contributed by atoms with Crippen LogP contribution in [-0.2, 0) is 6.42 Å². The van der Waals surface area contributed by atoms with Crippen molar-refractivity contribution in [3.8, 4) is 0 Å². The topological polar surface area (TPSA) is 70.4 Å². The number of carboxylic acids is 1. The van der Waals surface area contributed by atoms with Gasteiger partial charge in [-0.2, -0.15) is 0 Å². The van der Waals surface area contributed by atoms with E-state index in [4.69, 9.17) is 11.6 Å². The summed E-state index contributed by atoms with van der Waals surface area (Å²) >= 11 is 6.08. The van der Waals surface area contributed by atoms with Gasteiger partial charge < -0.3 is 10.2 Å². The minimum atomic E-state index is -0.960. The molecule has 0 saturated carbocycles. The monoisotopic (exact) mass is 443 g/mol. The fourth-order valence-corrected chi connectivity index (χ4v) is 3.92. The number of hydrogen-bond donors (Lipinski definition) is 2. The maximum Gasteiger partial charge on any atom is 0.335 e. The third-order valence-electron chi connectivity index (χ3n) is 5.44. The second-order valence-electron chi connectivity index (χ2n) is 7.62. The first-order valence-electron chi connectivity index (χ1n) is 10.3. The van der Waals surface area contributed by atoms with Crippen LogP contribution in [0.3, 0.4) is 0 Å². The number of aliphatic hydroxyl groups excluding tert-OH is 1. The summed E-state index contributed by atoms with van der Waals surface area (Å²) in [6, 6.07) is 24.4. The van der Waals surface area contributed by atoms with Crippen LogP contribution in [0.15, 0.2) is 78.9 Å². The number of carboxylic acid groups (broad SMARTS) is 1. The van der Waals surface area contributed by atoms with Gasteiger partial charge in [-0.3, -0.25) is 0 Å². The maximum atomic E-state index is 11.5. The number of rotatable bonds is 7. The van der Waals surface area contributed by atoms with Gasteiger partial charge in [0.15, 0.2) is 0 Å². The molecular formula is C27H22ClNO3. The molecule has 0 radical (unpaired) electrons. The number of aliphatic hydroxyl groups is 1. The summed E-state index contributed by atoms with van der Waals surface area (Å²) < 4.78 is 0. The van der Waals surface area contributed by atoms with Crippen LogP contribution in [0, 0.1) is 0 Å². The number of aromatic nitrogens is 1. The fraction of sp³-hybridized carbons (Fsp3) is 0.111. The van der Waals surface area contributed by atoms with E-state index in [0.29, 0.717) is 17.0 Å². The molecule has 0 aliphatic heterocycles. The molecule has 1 atom stereocenters. The van der Waals surface area contributed by atoms with E-state index in [1.165, 1.54) is 0 Å². The number of fused-ring (bicyclic) bond motifs is 1. The molecular weight excluding hydrogens is 422 g/mol. The van der Waals surface area contributed by atoms with Crippen molar-refractivity contribution in [1.82, 2.24) is 4.98 Å². The van der Waals surface area contributed by atoms with Gasteiger partial charge in [0, 0.05) is 16.3 Å². The minimum Gasteiger partial charge on any atom is -0.478 e. The Balaban J connectivity index is 1.57. The Labute approximate surface area is 191 Å². The maximum absolute atomic E-state index is 11.5. The average Bonchev–Trinajstić information content (AvgIpc) is 2.81. The van der Waals surface area contributed by atoms with Gasteiger partial charge in [0.2, 0.25) is 0 Å². The lowest BCUT2D eigenvalue weighted by Crippen LogP contribution is -2.11. The summed E-state index contributed by atoms with van der Waals surface area (Å²) in [5.74, 6) is -1.16. The highest BCUT2D eigenvalue weighted by Gasteiger charge is 2.16. The molecule has 0 amide bonds. The van der Waals surface area contributed by atoms with Crippen LogP contribution in [0.25, 0.3) is 23.1 Å². The van der Waals surface area contributed by atoms with Gasteiger partial charge in [-0.15, -0.1) is 0 Å². The SMILES string of the molecule is O=C(O)c1ccccc1C[C@H](CO)c1cccc(C=Cc2ccc3ccc(Cl)cc3n2)c1. The van der Waals surface area contributed by atoms with Crippen molar-refractivity contribution in [3.63, 3.8) is 0 Å². The van der Waals surface area contributed by atoms with E-state index < -0.39 is 5.97 Å². The molecule has 0 bridgehead atoms. The molecule has 4 rings (SSSR count). The number of carbonyl (C=O) groups is 1. The average molecular weight is 444 g/mol. The van der Waals surface area contributed by atoms with Crippen molar-refractivity contribution in [3.05, 3.63) is 112 Å². The van der Waals surface area contributed by atoms with Crippen LogP contribution in [0.5, 0.6) is 0 Å². The van der Waals surface area contributed by atoms with Gasteiger partial charge in [-0.05, 0) is 53.5 Å². The second kappa shape index (κ2) is 9.77. The largest absolute Gasteiger partial charge is 0.478 e. The lowest BCUT2D eigenvalue weighted by molar-refractivity contribution is 0.0695. The van der Waals surface area contributed by atoms with Crippen LogP contribution in [0.1, 0.15) is 38.7 Å². The highest BCUT2D eigenvalue weighted by atomic mass is 35.5. The van der Waals surface area contributed by atoms with E-state index in [2.05, 4.69) is 4.98 Å². The summed E-state index contributed by atoms with van der Waals surface area (Å²) in [6.07, 6.45) is 4.36. The van der Waals surface area contributed by atoms with Crippen LogP contribution in [-0.4, -0.2) is 27.8 Å². The van der Waals surface area contributed by atoms with Crippen LogP contribution in [0.4, 0.5) is 0 Å². The Morgan fingerprint density at radius 2 is 1.78 bits per heavy atom. The molecule has 4 nitrogen and oxygen atoms in total. The molecule has 0 spiro atoms. The number of aromatic carboxylic acids is 1. The molecule has 0 fully saturated rings. The van der Waals surface area contributed by atoms with Crippen molar-refractivity contribution >= 4 is 40.6 Å². The van der Waals surface area contributed by atoms with E-state index in [0.717, 1.165) is 27.7 Å². The van der Waals surface area contributed by atoms with E-state index in [-0.39, 0.29) is 18.1 Å². The fourth-order valence-electron chi connectivity index (χ4n) is 3.76. The first kappa shape index (κ1) is 21.8. The molecule has 3 aromatic carbocycles. The number of halogens is 1. The van der Waals surface area contributed by atoms with Gasteiger partial charge in [-0.25, -0.2) is 9.78 Å². The number of hydrogen-bond acceptors (Lipinski definition) is 3. The van der Waals surface area contributed by atoms with Crippen molar-refractivity contribution in [1.29, 1.82) is 0 Å². The first-order chi connectivity index (χ1) is 15.5. The normalized spacial score (nSPS) is 12.3. The van der Waals surface area contributed by atoms with Crippen LogP contribution >= 0.6 is 11.6 Å². The zero-order chi connectivity index (χ0) is 22.5. The van der Waals surface area contributed by atoms with Crippen LogP contribution < -0.4 is 0 Å². The van der Waals surface area contributed by atoms with Crippen molar-refractivity contribution < 1.29 is 15.0 Å². The molecule has 0 aliphatic carbocycles. The molecule has 32 heavy (non-hydrogen) atoms. The predicted molar refractivity (Wildman–Crippen MR) is 129 cm³/mol. The van der Waals surface area contributed by atoms with Crippen LogP contribution in [0.2, 0.25) is 5.02 Å². The smallest absolute Gasteiger partial charge is 0.335 e. The van der Waals surface area contributed by atoms with E-state index in [1.807, 2.05) is 72.8 Å². The van der Waals surface area contributed by atoms with Gasteiger partial charge >= 0.3 is 5.97 Å². The summed E-state index contributed by atoms with van der Waals surface area (Å²) in [5, 5.41) is 21.1. The number of benzene rings is 3. The summed E-state index contributed by atoms with van der Waals surface area (Å²) in [7, 11) is 0. The van der Waals surface area contributed by atoms with Gasteiger partial charge in [0.1, 0.15) is 0 Å². The van der Waals surface area contributed by atoms with Gasteiger partial charge in [0.25, 0.3) is 0 Å². The molecule has 5 heteroatoms. The Hall–Kier alpha value is -3.47.